The molecule has 2 N–H and O–H groups in total. The minimum Gasteiger partial charge on any atom is -0.496 e. The lowest BCUT2D eigenvalue weighted by atomic mass is 9.95. The second kappa shape index (κ2) is 17.5. The molecule has 1 amide bonds. The Morgan fingerprint density at radius 2 is 1.55 bits per heavy atom. The van der Waals surface area contributed by atoms with Gasteiger partial charge in [0.05, 0.1) is 46.2 Å². The average Bonchev–Trinajstić information content (AvgIpc) is 2.94. The molecule has 1 heterocycles. The molecule has 0 atom stereocenters. The van der Waals surface area contributed by atoms with E-state index >= 15 is 0 Å². The number of carbonyl (C=O) groups excluding carboxylic acids is 1. The summed E-state index contributed by atoms with van der Waals surface area (Å²) in [6.07, 6.45) is 4.89. The van der Waals surface area contributed by atoms with Gasteiger partial charge in [-0.25, -0.2) is 4.79 Å². The van der Waals surface area contributed by atoms with Crippen LogP contribution >= 0.6 is 0 Å². The van der Waals surface area contributed by atoms with Gasteiger partial charge in [0, 0.05) is 49.7 Å². The molecule has 0 bridgehead atoms. The van der Waals surface area contributed by atoms with Crippen LogP contribution in [0.1, 0.15) is 44.4 Å². The monoisotopic (exact) mass is 614 g/mol. The molecule has 0 unspecified atom stereocenters. The van der Waals surface area contributed by atoms with Crippen molar-refractivity contribution < 1.29 is 28.5 Å². The first-order valence-electron chi connectivity index (χ1n) is 14.6. The highest BCUT2D eigenvalue weighted by Gasteiger charge is 2.19. The zero-order valence-corrected chi connectivity index (χ0v) is 27.8. The zero-order valence-electron chi connectivity index (χ0n) is 27.8. The van der Waals surface area contributed by atoms with Crippen LogP contribution in [0, 0.1) is 0 Å². The molecular weight excluding hydrogens is 564 g/mol. The Morgan fingerprint density at radius 3 is 2.05 bits per heavy atom. The van der Waals surface area contributed by atoms with E-state index in [4.69, 9.17) is 23.7 Å². The number of pyridine rings is 1. The highest BCUT2D eigenvalue weighted by Crippen LogP contribution is 2.37. The van der Waals surface area contributed by atoms with Crippen molar-refractivity contribution in [3.8, 4) is 22.6 Å². The molecule has 11 nitrogen and oxygen atoms in total. The Hall–Kier alpha value is -3.80. The smallest absolute Gasteiger partial charge is 0.407 e. The van der Waals surface area contributed by atoms with E-state index in [0.717, 1.165) is 28.0 Å². The number of ether oxygens (including phenoxy) is 5. The van der Waals surface area contributed by atoms with Crippen molar-refractivity contribution in [1.82, 2.24) is 20.1 Å². The van der Waals surface area contributed by atoms with Crippen LogP contribution in [0.4, 0.5) is 4.79 Å². The molecule has 0 saturated carbocycles. The van der Waals surface area contributed by atoms with Crippen molar-refractivity contribution in [2.45, 2.75) is 39.8 Å². The van der Waals surface area contributed by atoms with Crippen molar-refractivity contribution in [3.05, 3.63) is 57.6 Å². The summed E-state index contributed by atoms with van der Waals surface area (Å²) in [5, 5.41) is 6.00. The zero-order chi connectivity index (χ0) is 32.9. The molecule has 1 aromatic heterocycles. The van der Waals surface area contributed by atoms with Crippen molar-refractivity contribution in [2.75, 3.05) is 67.8 Å². The van der Waals surface area contributed by atoms with Crippen molar-refractivity contribution in [1.29, 1.82) is 0 Å². The standard InChI is InChI=1S/C33H50N4O7/c1-11-25-26(18-23(2)34-12-14-42-16-17-43-15-13-35-32(39)44-33(3,4)5)27(22-37(8)31(25)38)24-19-29(40-9)28(21-36(6)7)30(20-24)41-10/h11,18-20,22,34H,1,12-17,21H2,2-10H3,(H,35,39)/b23-18+. The Labute approximate surface area is 261 Å². The van der Waals surface area contributed by atoms with Crippen molar-refractivity contribution >= 4 is 18.2 Å². The SMILES string of the molecule is C=Cc1c(/C=C(\C)NCCOCCOCCNC(=O)OC(C)(C)C)c(-c2cc(OC)c(CN(C)C)c(OC)c2)cn(C)c1=O. The van der Waals surface area contributed by atoms with Crippen LogP contribution in [0.25, 0.3) is 23.3 Å². The number of aryl methyl sites for hydroxylation is 1. The molecule has 0 aliphatic rings. The lowest BCUT2D eigenvalue weighted by Gasteiger charge is -2.20. The first-order chi connectivity index (χ1) is 20.8. The fourth-order valence-electron chi connectivity index (χ4n) is 4.42. The van der Waals surface area contributed by atoms with Gasteiger partial charge < -0.3 is 43.8 Å². The van der Waals surface area contributed by atoms with E-state index < -0.39 is 11.7 Å². The number of aromatic nitrogens is 1. The third-order valence-electron chi connectivity index (χ3n) is 6.35. The summed E-state index contributed by atoms with van der Waals surface area (Å²) in [5.41, 5.74) is 4.05. The van der Waals surface area contributed by atoms with Crippen molar-refractivity contribution in [2.24, 2.45) is 7.05 Å². The first-order valence-corrected chi connectivity index (χ1v) is 14.6. The molecule has 0 radical (unpaired) electrons. The molecule has 0 aliphatic heterocycles. The van der Waals surface area contributed by atoms with Crippen LogP contribution in [0.2, 0.25) is 0 Å². The number of hydrogen-bond donors (Lipinski definition) is 2. The molecule has 1 aromatic carbocycles. The minimum absolute atomic E-state index is 0.143. The summed E-state index contributed by atoms with van der Waals surface area (Å²) in [6, 6.07) is 3.94. The molecule has 2 rings (SSSR count). The number of benzene rings is 1. The summed E-state index contributed by atoms with van der Waals surface area (Å²) in [5.74, 6) is 1.40. The van der Waals surface area contributed by atoms with Crippen molar-refractivity contribution in [3.63, 3.8) is 0 Å². The lowest BCUT2D eigenvalue weighted by molar-refractivity contribution is 0.0406. The van der Waals surface area contributed by atoms with Crippen LogP contribution < -0.4 is 25.7 Å². The number of amides is 1. The van der Waals surface area contributed by atoms with E-state index in [1.54, 1.807) is 31.9 Å². The number of allylic oxidation sites excluding steroid dienone is 1. The Kier molecular flexibility index (Phi) is 14.5. The fraction of sp³-hybridized carbons (Fsp3) is 0.515. The predicted octanol–water partition coefficient (Wildman–Crippen LogP) is 4.28. The molecule has 0 fully saturated rings. The summed E-state index contributed by atoms with van der Waals surface area (Å²) < 4.78 is 29.4. The molecule has 11 heteroatoms. The van der Waals surface area contributed by atoms with E-state index in [0.29, 0.717) is 63.1 Å². The number of alkyl carbamates (subject to hydrolysis) is 1. The molecule has 0 aliphatic carbocycles. The number of rotatable bonds is 17. The van der Waals surface area contributed by atoms with Gasteiger partial charge >= 0.3 is 6.09 Å². The largest absolute Gasteiger partial charge is 0.496 e. The van der Waals surface area contributed by atoms with Gasteiger partial charge in [0.1, 0.15) is 17.1 Å². The van der Waals surface area contributed by atoms with Gasteiger partial charge in [0.25, 0.3) is 5.56 Å². The molecule has 244 valence electrons. The normalized spacial score (nSPS) is 11.8. The lowest BCUT2D eigenvalue weighted by Crippen LogP contribution is -2.34. The average molecular weight is 615 g/mol. The fourth-order valence-corrected chi connectivity index (χ4v) is 4.42. The van der Waals surface area contributed by atoms with Gasteiger partial charge in [0.15, 0.2) is 0 Å². The maximum absolute atomic E-state index is 13.1. The van der Waals surface area contributed by atoms with Gasteiger partial charge in [-0.15, -0.1) is 0 Å². The Morgan fingerprint density at radius 1 is 0.977 bits per heavy atom. The van der Waals surface area contributed by atoms with Gasteiger partial charge in [0.2, 0.25) is 0 Å². The number of hydrogen-bond acceptors (Lipinski definition) is 9. The van der Waals surface area contributed by atoms with E-state index in [9.17, 15) is 9.59 Å². The molecule has 0 spiro atoms. The Balaban J connectivity index is 2.07. The Bertz CT molecular complexity index is 1320. The highest BCUT2D eigenvalue weighted by atomic mass is 16.6. The van der Waals surface area contributed by atoms with Crippen LogP contribution in [-0.2, 0) is 27.8 Å². The second-order valence-electron chi connectivity index (χ2n) is 11.5. The minimum atomic E-state index is -0.533. The third-order valence-corrected chi connectivity index (χ3v) is 6.35. The third kappa shape index (κ3) is 11.4. The highest BCUT2D eigenvalue weighted by molar-refractivity contribution is 5.82. The maximum Gasteiger partial charge on any atom is 0.407 e. The first kappa shape index (κ1) is 36.4. The number of nitrogens with zero attached hydrogens (tertiary/aromatic N) is 2. The van der Waals surface area contributed by atoms with Gasteiger partial charge in [-0.2, -0.15) is 0 Å². The van der Waals surface area contributed by atoms with E-state index in [-0.39, 0.29) is 5.56 Å². The van der Waals surface area contributed by atoms with E-state index in [1.807, 2.05) is 66.2 Å². The maximum atomic E-state index is 13.1. The molecule has 0 saturated heterocycles. The number of nitrogens with one attached hydrogen (secondary N) is 2. The van der Waals surface area contributed by atoms with Crippen LogP contribution in [0.5, 0.6) is 11.5 Å². The summed E-state index contributed by atoms with van der Waals surface area (Å²) >= 11 is 0. The number of carbonyl (C=O) groups is 1. The predicted molar refractivity (Wildman–Crippen MR) is 175 cm³/mol. The summed E-state index contributed by atoms with van der Waals surface area (Å²) in [4.78, 5) is 26.7. The molecule has 2 aromatic rings. The summed E-state index contributed by atoms with van der Waals surface area (Å²) in [6.45, 7) is 14.5. The summed E-state index contributed by atoms with van der Waals surface area (Å²) in [7, 11) is 8.98. The van der Waals surface area contributed by atoms with Crippen LogP contribution in [0.15, 0.2) is 35.4 Å². The molecular formula is C33H50N4O7. The molecule has 44 heavy (non-hydrogen) atoms. The van der Waals surface area contributed by atoms with Gasteiger partial charge in [-0.05, 0) is 71.1 Å². The van der Waals surface area contributed by atoms with E-state index in [2.05, 4.69) is 22.1 Å². The van der Waals surface area contributed by atoms with E-state index in [1.165, 1.54) is 0 Å². The second-order valence-corrected chi connectivity index (χ2v) is 11.5. The van der Waals surface area contributed by atoms with Gasteiger partial charge in [-0.1, -0.05) is 12.7 Å². The van der Waals surface area contributed by atoms with Gasteiger partial charge in [-0.3, -0.25) is 4.79 Å². The van der Waals surface area contributed by atoms with Crippen LogP contribution in [0.3, 0.4) is 0 Å². The quantitative estimate of drug-likeness (QED) is 0.252. The van der Waals surface area contributed by atoms with Crippen LogP contribution in [-0.4, -0.2) is 89.0 Å². The number of methoxy groups -OCH3 is 2. The topological polar surface area (TPSA) is 113 Å².